The summed E-state index contributed by atoms with van der Waals surface area (Å²) in [6.45, 7) is 2.18. The lowest BCUT2D eigenvalue weighted by Gasteiger charge is -2.07. The summed E-state index contributed by atoms with van der Waals surface area (Å²) < 4.78 is 13.8. The third-order valence-corrected chi connectivity index (χ3v) is 3.28. The van der Waals surface area contributed by atoms with Gasteiger partial charge in [-0.05, 0) is 13.0 Å². The second kappa shape index (κ2) is 5.72. The Balaban J connectivity index is 2.08. The number of carbonyl (C=O) groups is 1. The summed E-state index contributed by atoms with van der Waals surface area (Å²) in [5.74, 6) is 3.63. The standard InChI is InChI=1S/C11H12FN5OS/c1-6-15-4-7(19-6)5-16-11(18)8-2-3-14-10(17-13)9(8)12/h2-4H,5,13H2,1H3,(H,14,17)(H,16,18). The van der Waals surface area contributed by atoms with E-state index in [2.05, 4.69) is 20.7 Å². The fourth-order valence-corrected chi connectivity index (χ4v) is 2.20. The van der Waals surface area contributed by atoms with Crippen LogP contribution in [0.1, 0.15) is 20.2 Å². The van der Waals surface area contributed by atoms with Crippen molar-refractivity contribution in [1.29, 1.82) is 0 Å². The molecular weight excluding hydrogens is 269 g/mol. The molecule has 0 atom stereocenters. The number of nitrogens with zero attached hydrogens (tertiary/aromatic N) is 2. The Morgan fingerprint density at radius 2 is 2.32 bits per heavy atom. The molecule has 100 valence electrons. The molecule has 8 heteroatoms. The van der Waals surface area contributed by atoms with Gasteiger partial charge in [-0.25, -0.2) is 20.2 Å². The number of nitrogen functional groups attached to an aromatic ring is 1. The van der Waals surface area contributed by atoms with E-state index in [-0.39, 0.29) is 11.4 Å². The monoisotopic (exact) mass is 281 g/mol. The van der Waals surface area contributed by atoms with Gasteiger partial charge in [0.25, 0.3) is 5.91 Å². The van der Waals surface area contributed by atoms with Crippen LogP contribution < -0.4 is 16.6 Å². The van der Waals surface area contributed by atoms with Crippen LogP contribution in [0.5, 0.6) is 0 Å². The van der Waals surface area contributed by atoms with E-state index >= 15 is 0 Å². The Kier molecular flexibility index (Phi) is 4.03. The molecule has 2 rings (SSSR count). The quantitative estimate of drug-likeness (QED) is 0.578. The molecular formula is C11H12FN5OS. The van der Waals surface area contributed by atoms with Crippen molar-refractivity contribution in [2.75, 3.05) is 5.43 Å². The SMILES string of the molecule is Cc1ncc(CNC(=O)c2ccnc(NN)c2F)s1. The molecule has 2 heterocycles. The fraction of sp³-hybridized carbons (Fsp3) is 0.182. The fourth-order valence-electron chi connectivity index (χ4n) is 1.47. The van der Waals surface area contributed by atoms with Gasteiger partial charge < -0.3 is 10.7 Å². The molecule has 6 nitrogen and oxygen atoms in total. The highest BCUT2D eigenvalue weighted by atomic mass is 32.1. The molecule has 2 aromatic rings. The van der Waals surface area contributed by atoms with E-state index in [0.717, 1.165) is 9.88 Å². The zero-order chi connectivity index (χ0) is 13.8. The van der Waals surface area contributed by atoms with Crippen LogP contribution >= 0.6 is 11.3 Å². The minimum absolute atomic E-state index is 0.107. The first-order chi connectivity index (χ1) is 9.11. The van der Waals surface area contributed by atoms with Gasteiger partial charge in [0.1, 0.15) is 0 Å². The third kappa shape index (κ3) is 3.04. The number of aromatic nitrogens is 2. The van der Waals surface area contributed by atoms with Crippen molar-refractivity contribution in [2.45, 2.75) is 13.5 Å². The maximum absolute atomic E-state index is 13.8. The minimum atomic E-state index is -0.775. The van der Waals surface area contributed by atoms with Crippen LogP contribution in [-0.2, 0) is 6.54 Å². The number of hydrogen-bond acceptors (Lipinski definition) is 6. The second-order valence-electron chi connectivity index (χ2n) is 3.69. The van der Waals surface area contributed by atoms with Crippen LogP contribution in [-0.4, -0.2) is 15.9 Å². The number of thiazole rings is 1. The molecule has 0 spiro atoms. The van der Waals surface area contributed by atoms with E-state index in [4.69, 9.17) is 5.84 Å². The molecule has 2 aromatic heterocycles. The first-order valence-electron chi connectivity index (χ1n) is 5.42. The molecule has 0 radical (unpaired) electrons. The number of amides is 1. The van der Waals surface area contributed by atoms with Gasteiger partial charge in [-0.15, -0.1) is 11.3 Å². The van der Waals surface area contributed by atoms with Crippen LogP contribution in [0.4, 0.5) is 10.2 Å². The predicted molar refractivity (Wildman–Crippen MR) is 70.0 cm³/mol. The van der Waals surface area contributed by atoms with E-state index in [1.165, 1.54) is 23.6 Å². The molecule has 0 fully saturated rings. The highest BCUT2D eigenvalue weighted by Gasteiger charge is 2.15. The first-order valence-corrected chi connectivity index (χ1v) is 6.24. The van der Waals surface area contributed by atoms with E-state index in [1.807, 2.05) is 6.92 Å². The highest BCUT2D eigenvalue weighted by Crippen LogP contribution is 2.15. The third-order valence-electron chi connectivity index (χ3n) is 2.36. The van der Waals surface area contributed by atoms with Crippen molar-refractivity contribution in [1.82, 2.24) is 15.3 Å². The molecule has 0 saturated carbocycles. The summed E-state index contributed by atoms with van der Waals surface area (Å²) >= 11 is 1.47. The Morgan fingerprint density at radius 3 is 2.95 bits per heavy atom. The zero-order valence-corrected chi connectivity index (χ0v) is 10.9. The van der Waals surface area contributed by atoms with Gasteiger partial charge in [-0.3, -0.25) is 4.79 Å². The second-order valence-corrected chi connectivity index (χ2v) is 5.01. The van der Waals surface area contributed by atoms with Crippen molar-refractivity contribution in [3.8, 4) is 0 Å². The molecule has 1 amide bonds. The number of aryl methyl sites for hydroxylation is 1. The predicted octanol–water partition coefficient (Wildman–Crippen LogP) is 1.20. The molecule has 0 aliphatic carbocycles. The summed E-state index contributed by atoms with van der Waals surface area (Å²) in [4.78, 5) is 20.5. The van der Waals surface area contributed by atoms with E-state index < -0.39 is 11.7 Å². The number of nitrogens with two attached hydrogens (primary N) is 1. The molecule has 0 aliphatic rings. The number of rotatable bonds is 4. The Hall–Kier alpha value is -2.06. The van der Waals surface area contributed by atoms with Gasteiger partial charge in [0.15, 0.2) is 11.6 Å². The number of hydrogen-bond donors (Lipinski definition) is 3. The maximum atomic E-state index is 13.8. The Bertz CT molecular complexity index is 601. The van der Waals surface area contributed by atoms with Crippen LogP contribution in [0, 0.1) is 12.7 Å². The number of carbonyl (C=O) groups excluding carboxylic acids is 1. The summed E-state index contributed by atoms with van der Waals surface area (Å²) in [6.07, 6.45) is 2.99. The molecule has 0 aromatic carbocycles. The molecule has 0 saturated heterocycles. The number of pyridine rings is 1. The normalized spacial score (nSPS) is 10.3. The smallest absolute Gasteiger partial charge is 0.254 e. The van der Waals surface area contributed by atoms with Crippen LogP contribution in [0.15, 0.2) is 18.5 Å². The van der Waals surface area contributed by atoms with Crippen molar-refractivity contribution < 1.29 is 9.18 Å². The van der Waals surface area contributed by atoms with Gasteiger partial charge in [0.2, 0.25) is 0 Å². The van der Waals surface area contributed by atoms with Crippen molar-refractivity contribution >= 4 is 23.1 Å². The summed E-state index contributed by atoms with van der Waals surface area (Å²) in [5.41, 5.74) is 1.99. The van der Waals surface area contributed by atoms with Crippen LogP contribution in [0.25, 0.3) is 0 Å². The molecule has 19 heavy (non-hydrogen) atoms. The molecule has 0 aliphatic heterocycles. The lowest BCUT2D eigenvalue weighted by Crippen LogP contribution is -2.24. The number of nitrogens with one attached hydrogen (secondary N) is 2. The number of anilines is 1. The zero-order valence-electron chi connectivity index (χ0n) is 10.1. The average Bonchev–Trinajstić information content (AvgIpc) is 2.82. The number of hydrazine groups is 1. The van der Waals surface area contributed by atoms with Crippen molar-refractivity contribution in [2.24, 2.45) is 5.84 Å². The van der Waals surface area contributed by atoms with Gasteiger partial charge in [0.05, 0.1) is 17.1 Å². The summed E-state index contributed by atoms with van der Waals surface area (Å²) in [6, 6.07) is 1.30. The van der Waals surface area contributed by atoms with Crippen LogP contribution in [0.2, 0.25) is 0 Å². The summed E-state index contributed by atoms with van der Waals surface area (Å²) in [7, 11) is 0. The number of halogens is 1. The Labute approximate surface area is 112 Å². The maximum Gasteiger partial charge on any atom is 0.254 e. The molecule has 4 N–H and O–H groups in total. The van der Waals surface area contributed by atoms with E-state index in [9.17, 15) is 9.18 Å². The summed E-state index contributed by atoms with van der Waals surface area (Å²) in [5, 5.41) is 3.53. The molecule has 0 bridgehead atoms. The first kappa shape index (κ1) is 13.4. The average molecular weight is 281 g/mol. The van der Waals surface area contributed by atoms with Gasteiger partial charge in [-0.1, -0.05) is 0 Å². The largest absolute Gasteiger partial charge is 0.347 e. The topological polar surface area (TPSA) is 92.9 Å². The lowest BCUT2D eigenvalue weighted by atomic mass is 10.2. The molecule has 0 unspecified atom stereocenters. The van der Waals surface area contributed by atoms with E-state index in [0.29, 0.717) is 6.54 Å². The van der Waals surface area contributed by atoms with E-state index in [1.54, 1.807) is 6.20 Å². The minimum Gasteiger partial charge on any atom is -0.347 e. The van der Waals surface area contributed by atoms with Crippen molar-refractivity contribution in [3.63, 3.8) is 0 Å². The van der Waals surface area contributed by atoms with Crippen molar-refractivity contribution in [3.05, 3.63) is 39.7 Å². The van der Waals surface area contributed by atoms with Gasteiger partial charge >= 0.3 is 0 Å². The highest BCUT2D eigenvalue weighted by molar-refractivity contribution is 7.11. The van der Waals surface area contributed by atoms with Gasteiger partial charge in [0, 0.05) is 17.3 Å². The van der Waals surface area contributed by atoms with Crippen LogP contribution in [0.3, 0.4) is 0 Å². The Morgan fingerprint density at radius 1 is 1.53 bits per heavy atom. The lowest BCUT2D eigenvalue weighted by molar-refractivity contribution is 0.0947. The van der Waals surface area contributed by atoms with Gasteiger partial charge in [-0.2, -0.15) is 0 Å².